The van der Waals surface area contributed by atoms with Crippen molar-refractivity contribution in [3.8, 4) is 5.75 Å². The number of benzene rings is 3. The highest BCUT2D eigenvalue weighted by atomic mass is 32.2. The van der Waals surface area contributed by atoms with E-state index in [0.29, 0.717) is 10.6 Å². The van der Waals surface area contributed by atoms with E-state index in [9.17, 15) is 31.1 Å². The molecular weight excluding hydrogens is 494 g/mol. The summed E-state index contributed by atoms with van der Waals surface area (Å²) in [7, 11) is 0. The molecule has 0 spiro atoms. The SMILES string of the molecule is O=C(O)COc1ccc(SCC=C(c2ccccc2C(F)(F)F)c2ccccc2C(F)(F)F)cc1. The average Bonchev–Trinajstić information content (AvgIpc) is 2.80. The van der Waals surface area contributed by atoms with Gasteiger partial charge in [0.05, 0.1) is 11.1 Å². The Morgan fingerprint density at radius 2 is 1.29 bits per heavy atom. The zero-order valence-electron chi connectivity index (χ0n) is 17.9. The van der Waals surface area contributed by atoms with Crippen molar-refractivity contribution in [2.75, 3.05) is 12.4 Å². The predicted octanol–water partition coefficient (Wildman–Crippen LogP) is 7.41. The summed E-state index contributed by atoms with van der Waals surface area (Å²) in [6, 6.07) is 15.3. The molecule has 0 aliphatic heterocycles. The highest BCUT2D eigenvalue weighted by Crippen LogP contribution is 2.41. The fourth-order valence-electron chi connectivity index (χ4n) is 3.29. The maximum atomic E-state index is 13.7. The summed E-state index contributed by atoms with van der Waals surface area (Å²) in [6.07, 6.45) is -8.18. The van der Waals surface area contributed by atoms with Crippen LogP contribution in [-0.4, -0.2) is 23.4 Å². The Morgan fingerprint density at radius 1 is 0.800 bits per heavy atom. The molecule has 0 heterocycles. The molecular formula is C25H18F6O3S. The molecule has 3 aromatic carbocycles. The van der Waals surface area contributed by atoms with Gasteiger partial charge in [-0.1, -0.05) is 42.5 Å². The summed E-state index contributed by atoms with van der Waals surface area (Å²) >= 11 is 1.19. The number of carboxylic acid groups (broad SMARTS) is 1. The van der Waals surface area contributed by atoms with Crippen LogP contribution >= 0.6 is 11.8 Å². The third-order valence-corrected chi connectivity index (χ3v) is 5.71. The van der Waals surface area contributed by atoms with Crippen LogP contribution in [-0.2, 0) is 17.1 Å². The molecule has 0 saturated heterocycles. The summed E-state index contributed by atoms with van der Waals surface area (Å²) in [6.45, 7) is -0.518. The Labute approximate surface area is 201 Å². The number of rotatable bonds is 8. The van der Waals surface area contributed by atoms with Gasteiger partial charge in [-0.3, -0.25) is 0 Å². The summed E-state index contributed by atoms with van der Waals surface area (Å²) in [5.41, 5.74) is -2.95. The van der Waals surface area contributed by atoms with Gasteiger partial charge in [0.25, 0.3) is 0 Å². The first-order valence-electron chi connectivity index (χ1n) is 10.1. The van der Waals surface area contributed by atoms with Gasteiger partial charge in [-0.15, -0.1) is 11.8 Å². The van der Waals surface area contributed by atoms with Gasteiger partial charge in [0.2, 0.25) is 0 Å². The topological polar surface area (TPSA) is 46.5 Å². The zero-order chi connectivity index (χ0) is 25.6. The highest BCUT2D eigenvalue weighted by Gasteiger charge is 2.37. The first kappa shape index (κ1) is 26.2. The molecule has 0 amide bonds. The van der Waals surface area contributed by atoms with E-state index in [4.69, 9.17) is 9.84 Å². The van der Waals surface area contributed by atoms with Gasteiger partial charge in [0.1, 0.15) is 5.75 Å². The number of aliphatic carboxylic acids is 1. The Balaban J connectivity index is 1.98. The van der Waals surface area contributed by atoms with Crippen molar-refractivity contribution in [3.63, 3.8) is 0 Å². The molecule has 0 fully saturated rings. The number of hydrogen-bond acceptors (Lipinski definition) is 3. The minimum Gasteiger partial charge on any atom is -0.482 e. The van der Waals surface area contributed by atoms with Gasteiger partial charge in [0, 0.05) is 10.6 Å². The molecule has 0 saturated carbocycles. The van der Waals surface area contributed by atoms with E-state index in [1.165, 1.54) is 54.2 Å². The van der Waals surface area contributed by atoms with E-state index in [1.807, 2.05) is 0 Å². The molecule has 184 valence electrons. The molecule has 0 aliphatic carbocycles. The lowest BCUT2D eigenvalue weighted by Crippen LogP contribution is -2.12. The number of ether oxygens (including phenoxy) is 1. The van der Waals surface area contributed by atoms with Crippen LogP contribution in [0.3, 0.4) is 0 Å². The molecule has 0 aliphatic rings. The molecule has 0 atom stereocenters. The van der Waals surface area contributed by atoms with Crippen molar-refractivity contribution in [2.24, 2.45) is 0 Å². The molecule has 35 heavy (non-hydrogen) atoms. The maximum Gasteiger partial charge on any atom is 0.417 e. The molecule has 0 radical (unpaired) electrons. The Kier molecular flexibility index (Phi) is 8.16. The first-order valence-corrected chi connectivity index (χ1v) is 11.1. The minimum absolute atomic E-state index is 0.0725. The molecule has 0 aromatic heterocycles. The van der Waals surface area contributed by atoms with Crippen LogP contribution in [0.15, 0.2) is 83.8 Å². The van der Waals surface area contributed by atoms with Crippen LogP contribution in [0.1, 0.15) is 22.3 Å². The Bertz CT molecular complexity index is 1140. The lowest BCUT2D eigenvalue weighted by molar-refractivity contribution is -0.139. The highest BCUT2D eigenvalue weighted by molar-refractivity contribution is 7.99. The molecule has 3 aromatic rings. The summed E-state index contributed by atoms with van der Waals surface area (Å²) in [5, 5.41) is 8.65. The van der Waals surface area contributed by atoms with Gasteiger partial charge in [0.15, 0.2) is 6.61 Å². The van der Waals surface area contributed by atoms with Gasteiger partial charge >= 0.3 is 18.3 Å². The van der Waals surface area contributed by atoms with Crippen molar-refractivity contribution in [1.82, 2.24) is 0 Å². The quantitative estimate of drug-likeness (QED) is 0.252. The monoisotopic (exact) mass is 512 g/mol. The number of hydrogen-bond donors (Lipinski definition) is 1. The Morgan fingerprint density at radius 3 is 1.74 bits per heavy atom. The van der Waals surface area contributed by atoms with Crippen molar-refractivity contribution >= 4 is 23.3 Å². The summed E-state index contributed by atoms with van der Waals surface area (Å²) in [4.78, 5) is 11.2. The third-order valence-electron chi connectivity index (χ3n) is 4.77. The standard InChI is InChI=1S/C25H18F6O3S/c26-24(27,28)21-7-3-1-5-19(21)18(20-6-2-4-8-22(20)25(29,30)31)13-14-35-17-11-9-16(10-12-17)34-15-23(32)33/h1-13H,14-15H2,(H,32,33). The van der Waals surface area contributed by atoms with Crippen LogP contribution in [0, 0.1) is 0 Å². The van der Waals surface area contributed by atoms with Crippen molar-refractivity contribution in [2.45, 2.75) is 17.2 Å². The summed E-state index contributed by atoms with van der Waals surface area (Å²) < 4.78 is 87.2. The number of carbonyl (C=O) groups is 1. The predicted molar refractivity (Wildman–Crippen MR) is 120 cm³/mol. The fraction of sp³-hybridized carbons (Fsp3) is 0.160. The third kappa shape index (κ3) is 7.05. The fourth-order valence-corrected chi connectivity index (χ4v) is 4.06. The van der Waals surface area contributed by atoms with Crippen molar-refractivity contribution in [3.05, 3.63) is 101 Å². The number of halogens is 6. The van der Waals surface area contributed by atoms with E-state index in [2.05, 4.69) is 0 Å². The lowest BCUT2D eigenvalue weighted by atomic mass is 9.90. The van der Waals surface area contributed by atoms with E-state index in [1.54, 1.807) is 12.1 Å². The largest absolute Gasteiger partial charge is 0.482 e. The second-order valence-electron chi connectivity index (χ2n) is 7.17. The second-order valence-corrected chi connectivity index (χ2v) is 8.26. The van der Waals surface area contributed by atoms with Gasteiger partial charge < -0.3 is 9.84 Å². The van der Waals surface area contributed by atoms with E-state index in [0.717, 1.165) is 24.3 Å². The van der Waals surface area contributed by atoms with Crippen LogP contribution in [0.4, 0.5) is 26.3 Å². The molecule has 0 bridgehead atoms. The minimum atomic E-state index is -4.76. The lowest BCUT2D eigenvalue weighted by Gasteiger charge is -2.19. The second kappa shape index (κ2) is 10.9. The molecule has 3 rings (SSSR count). The zero-order valence-corrected chi connectivity index (χ0v) is 18.7. The van der Waals surface area contributed by atoms with Gasteiger partial charge in [-0.05, 0) is 53.1 Å². The van der Waals surface area contributed by atoms with Crippen LogP contribution < -0.4 is 4.74 Å². The van der Waals surface area contributed by atoms with Crippen LogP contribution in [0.5, 0.6) is 5.75 Å². The molecule has 3 nitrogen and oxygen atoms in total. The Hall–Kier alpha value is -3.40. The smallest absolute Gasteiger partial charge is 0.417 e. The average molecular weight is 512 g/mol. The molecule has 1 N–H and O–H groups in total. The van der Waals surface area contributed by atoms with Gasteiger partial charge in [-0.25, -0.2) is 4.79 Å². The number of carboxylic acids is 1. The van der Waals surface area contributed by atoms with Crippen molar-refractivity contribution in [1.29, 1.82) is 0 Å². The van der Waals surface area contributed by atoms with E-state index >= 15 is 0 Å². The number of alkyl halides is 6. The normalized spacial score (nSPS) is 11.7. The number of thioether (sulfide) groups is 1. The molecule has 10 heteroatoms. The van der Waals surface area contributed by atoms with E-state index in [-0.39, 0.29) is 22.5 Å². The maximum absolute atomic E-state index is 13.7. The summed E-state index contributed by atoms with van der Waals surface area (Å²) in [5.74, 6) is -0.756. The van der Waals surface area contributed by atoms with Crippen LogP contribution in [0.2, 0.25) is 0 Å². The molecule has 0 unspecified atom stereocenters. The van der Waals surface area contributed by atoms with Gasteiger partial charge in [-0.2, -0.15) is 26.3 Å². The first-order chi connectivity index (χ1) is 16.5. The van der Waals surface area contributed by atoms with Crippen LogP contribution in [0.25, 0.3) is 5.57 Å². The van der Waals surface area contributed by atoms with Crippen molar-refractivity contribution < 1.29 is 41.0 Å². The van der Waals surface area contributed by atoms with E-state index < -0.39 is 36.1 Å².